The van der Waals surface area contributed by atoms with Gasteiger partial charge in [-0.2, -0.15) is 0 Å². The Morgan fingerprint density at radius 2 is 1.95 bits per heavy atom. The number of aryl methyl sites for hydroxylation is 1. The molecule has 19 heavy (non-hydrogen) atoms. The maximum Gasteiger partial charge on any atom is 0.251 e. The molecule has 3 N–H and O–H groups in total. The summed E-state index contributed by atoms with van der Waals surface area (Å²) in [5.74, 6) is 0.901. The maximum absolute atomic E-state index is 12.3. The number of nitrogens with two attached hydrogens (primary N) is 1. The first-order valence-electron chi connectivity index (χ1n) is 6.79. The fraction of sp³-hybridized carbons (Fsp3) is 0.571. The third-order valence-corrected chi connectivity index (χ3v) is 5.28. The molecule has 1 heterocycles. The van der Waals surface area contributed by atoms with Gasteiger partial charge in [0.25, 0.3) is 5.91 Å². The number of nitrogens with one attached hydrogen (secondary N) is 1. The van der Waals surface area contributed by atoms with Gasteiger partial charge in [-0.15, -0.1) is 11.3 Å². The third-order valence-electron chi connectivity index (χ3n) is 4.32. The minimum absolute atomic E-state index is 0.0706. The number of anilines is 1. The molecule has 1 aromatic heterocycles. The predicted octanol–water partition coefficient (Wildman–Crippen LogP) is 2.53. The van der Waals surface area contributed by atoms with Crippen LogP contribution in [0.15, 0.2) is 6.07 Å². The Balaban J connectivity index is 1.72. The van der Waals surface area contributed by atoms with Crippen molar-refractivity contribution in [3.05, 3.63) is 16.5 Å². The number of fused-ring (bicyclic) bond motifs is 1. The lowest BCUT2D eigenvalue weighted by Gasteiger charge is -2.04. The monoisotopic (exact) mass is 278 g/mol. The normalized spacial score (nSPS) is 28.6. The highest BCUT2D eigenvalue weighted by Gasteiger charge is 2.54. The summed E-state index contributed by atoms with van der Waals surface area (Å²) >= 11 is 1.42. The molecule has 0 aromatic carbocycles. The van der Waals surface area contributed by atoms with Crippen molar-refractivity contribution >= 4 is 28.2 Å². The molecule has 2 saturated carbocycles. The van der Waals surface area contributed by atoms with Crippen molar-refractivity contribution in [2.45, 2.75) is 32.6 Å². The number of primary amides is 1. The van der Waals surface area contributed by atoms with Gasteiger partial charge >= 0.3 is 0 Å². The van der Waals surface area contributed by atoms with Gasteiger partial charge in [0.15, 0.2) is 0 Å². The van der Waals surface area contributed by atoms with Gasteiger partial charge < -0.3 is 11.1 Å². The van der Waals surface area contributed by atoms with E-state index in [0.717, 1.165) is 4.88 Å². The second-order valence-corrected chi connectivity index (χ2v) is 6.85. The quantitative estimate of drug-likeness (QED) is 0.891. The molecule has 2 unspecified atom stereocenters. The van der Waals surface area contributed by atoms with E-state index in [2.05, 4.69) is 5.32 Å². The van der Waals surface area contributed by atoms with Crippen LogP contribution in [0, 0.1) is 24.7 Å². The van der Waals surface area contributed by atoms with Crippen LogP contribution in [-0.4, -0.2) is 11.8 Å². The fourth-order valence-electron chi connectivity index (χ4n) is 3.37. The van der Waals surface area contributed by atoms with Crippen LogP contribution in [0.5, 0.6) is 0 Å². The van der Waals surface area contributed by atoms with Crippen LogP contribution in [0.1, 0.15) is 40.9 Å². The molecule has 3 rings (SSSR count). The van der Waals surface area contributed by atoms with Gasteiger partial charge in [0.2, 0.25) is 5.91 Å². The number of thiophene rings is 1. The minimum atomic E-state index is -0.479. The number of carbonyl (C=O) groups is 2. The number of amides is 2. The molecule has 2 amide bonds. The van der Waals surface area contributed by atoms with Crippen LogP contribution in [0.4, 0.5) is 5.00 Å². The second-order valence-electron chi connectivity index (χ2n) is 5.59. The third kappa shape index (κ3) is 2.27. The number of hydrogen-bond donors (Lipinski definition) is 2. The Morgan fingerprint density at radius 1 is 1.32 bits per heavy atom. The Labute approximate surface area is 116 Å². The number of hydrogen-bond acceptors (Lipinski definition) is 3. The molecule has 0 aliphatic heterocycles. The molecule has 2 aliphatic carbocycles. The highest BCUT2D eigenvalue weighted by molar-refractivity contribution is 7.16. The zero-order valence-corrected chi connectivity index (χ0v) is 11.8. The molecule has 2 fully saturated rings. The Kier molecular flexibility index (Phi) is 3.09. The molecule has 0 saturated heterocycles. The fourth-order valence-corrected chi connectivity index (χ4v) is 4.29. The molecule has 5 heteroatoms. The van der Waals surface area contributed by atoms with Gasteiger partial charge in [-0.3, -0.25) is 9.59 Å². The SMILES string of the molecule is Cc1cc(C(N)=O)c(NC(=O)C2C3CCCCC32)s1. The molecule has 0 radical (unpaired) electrons. The molecule has 4 nitrogen and oxygen atoms in total. The van der Waals surface area contributed by atoms with Crippen molar-refractivity contribution in [3.63, 3.8) is 0 Å². The molecular weight excluding hydrogens is 260 g/mol. The van der Waals surface area contributed by atoms with E-state index in [-0.39, 0.29) is 11.8 Å². The second kappa shape index (κ2) is 4.63. The highest BCUT2D eigenvalue weighted by atomic mass is 32.1. The van der Waals surface area contributed by atoms with Crippen LogP contribution in [-0.2, 0) is 4.79 Å². The molecular formula is C14H18N2O2S. The van der Waals surface area contributed by atoms with Gasteiger partial charge in [0.1, 0.15) is 5.00 Å². The van der Waals surface area contributed by atoms with E-state index in [0.29, 0.717) is 22.4 Å². The van der Waals surface area contributed by atoms with Gasteiger partial charge in [0, 0.05) is 10.8 Å². The van der Waals surface area contributed by atoms with Crippen LogP contribution in [0.25, 0.3) is 0 Å². The average molecular weight is 278 g/mol. The first kappa shape index (κ1) is 12.7. The molecule has 1 aromatic rings. The lowest BCUT2D eigenvalue weighted by Crippen LogP contribution is -2.18. The summed E-state index contributed by atoms with van der Waals surface area (Å²) in [7, 11) is 0. The summed E-state index contributed by atoms with van der Waals surface area (Å²) in [5.41, 5.74) is 5.76. The predicted molar refractivity (Wildman–Crippen MR) is 75.1 cm³/mol. The summed E-state index contributed by atoms with van der Waals surface area (Å²) in [6, 6.07) is 1.74. The lowest BCUT2D eigenvalue weighted by molar-refractivity contribution is -0.117. The van der Waals surface area contributed by atoms with Crippen molar-refractivity contribution in [2.75, 3.05) is 5.32 Å². The molecule has 0 bridgehead atoms. The Morgan fingerprint density at radius 3 is 2.53 bits per heavy atom. The summed E-state index contributed by atoms with van der Waals surface area (Å²) in [6.07, 6.45) is 4.84. The van der Waals surface area contributed by atoms with E-state index < -0.39 is 5.91 Å². The first-order chi connectivity index (χ1) is 9.08. The van der Waals surface area contributed by atoms with Crippen LogP contribution in [0.3, 0.4) is 0 Å². The van der Waals surface area contributed by atoms with E-state index in [4.69, 9.17) is 5.73 Å². The van der Waals surface area contributed by atoms with Gasteiger partial charge in [-0.05, 0) is 37.7 Å². The Hall–Kier alpha value is -1.36. The lowest BCUT2D eigenvalue weighted by atomic mass is 10.0. The van der Waals surface area contributed by atoms with E-state index in [9.17, 15) is 9.59 Å². The Bertz CT molecular complexity index is 526. The van der Waals surface area contributed by atoms with E-state index >= 15 is 0 Å². The van der Waals surface area contributed by atoms with Crippen molar-refractivity contribution in [1.82, 2.24) is 0 Å². The van der Waals surface area contributed by atoms with Crippen molar-refractivity contribution in [1.29, 1.82) is 0 Å². The van der Waals surface area contributed by atoms with Gasteiger partial charge in [-0.1, -0.05) is 12.8 Å². The standard InChI is InChI=1S/C14H18N2O2S/c1-7-6-10(12(15)17)14(19-7)16-13(18)11-8-4-2-3-5-9(8)11/h6,8-9,11H,2-5H2,1H3,(H2,15,17)(H,16,18). The van der Waals surface area contributed by atoms with Crippen molar-refractivity contribution in [3.8, 4) is 0 Å². The summed E-state index contributed by atoms with van der Waals surface area (Å²) in [6.45, 7) is 1.91. The summed E-state index contributed by atoms with van der Waals surface area (Å²) in [4.78, 5) is 24.6. The van der Waals surface area contributed by atoms with E-state index in [1.807, 2.05) is 6.92 Å². The topological polar surface area (TPSA) is 72.2 Å². The summed E-state index contributed by atoms with van der Waals surface area (Å²) in [5, 5.41) is 3.52. The maximum atomic E-state index is 12.3. The zero-order chi connectivity index (χ0) is 13.6. The van der Waals surface area contributed by atoms with E-state index in [1.165, 1.54) is 37.0 Å². The first-order valence-corrected chi connectivity index (χ1v) is 7.60. The highest BCUT2D eigenvalue weighted by Crippen LogP contribution is 2.55. The molecule has 2 atom stereocenters. The largest absolute Gasteiger partial charge is 0.366 e. The number of carbonyl (C=O) groups excluding carboxylic acids is 2. The van der Waals surface area contributed by atoms with Crippen molar-refractivity contribution in [2.24, 2.45) is 23.5 Å². The minimum Gasteiger partial charge on any atom is -0.366 e. The van der Waals surface area contributed by atoms with Gasteiger partial charge in [-0.25, -0.2) is 0 Å². The molecule has 2 aliphatic rings. The average Bonchev–Trinajstić information content (AvgIpc) is 2.98. The van der Waals surface area contributed by atoms with Crippen LogP contribution < -0.4 is 11.1 Å². The van der Waals surface area contributed by atoms with E-state index in [1.54, 1.807) is 6.07 Å². The zero-order valence-electron chi connectivity index (χ0n) is 10.9. The van der Waals surface area contributed by atoms with Crippen molar-refractivity contribution < 1.29 is 9.59 Å². The van der Waals surface area contributed by atoms with Crippen LogP contribution in [0.2, 0.25) is 0 Å². The van der Waals surface area contributed by atoms with Crippen LogP contribution >= 0.6 is 11.3 Å². The number of rotatable bonds is 3. The van der Waals surface area contributed by atoms with Gasteiger partial charge in [0.05, 0.1) is 5.56 Å². The summed E-state index contributed by atoms with van der Waals surface area (Å²) < 4.78 is 0. The smallest absolute Gasteiger partial charge is 0.251 e. The molecule has 102 valence electrons. The molecule has 0 spiro atoms.